The Hall–Kier alpha value is -4.07. The van der Waals surface area contributed by atoms with Crippen molar-refractivity contribution in [2.45, 2.75) is 25.4 Å². The molecule has 3 amide bonds. The zero-order chi connectivity index (χ0) is 21.7. The van der Waals surface area contributed by atoms with Crippen LogP contribution >= 0.6 is 0 Å². The van der Waals surface area contributed by atoms with Gasteiger partial charge in [0.1, 0.15) is 11.2 Å². The number of urea groups is 1. The first-order chi connectivity index (χ1) is 15.1. The minimum atomic E-state index is -1.10. The molecule has 1 aliphatic heterocycles. The van der Waals surface area contributed by atoms with Crippen LogP contribution in [0.1, 0.15) is 30.2 Å². The van der Waals surface area contributed by atoms with Gasteiger partial charge in [0, 0.05) is 6.21 Å². The van der Waals surface area contributed by atoms with Gasteiger partial charge in [0.05, 0.1) is 12.7 Å². The number of carbonyl (C=O) groups is 2. The first-order valence-electron chi connectivity index (χ1n) is 9.99. The fraction of sp³-hybridized carbons (Fsp3) is 0.174. The van der Waals surface area contributed by atoms with Crippen LogP contribution in [0.3, 0.4) is 0 Å². The van der Waals surface area contributed by atoms with Crippen molar-refractivity contribution in [3.63, 3.8) is 0 Å². The van der Waals surface area contributed by atoms with E-state index in [0.717, 1.165) is 16.1 Å². The largest absolute Gasteiger partial charge is 0.346 e. The number of nitrogens with zero attached hydrogens (tertiary/aromatic N) is 5. The molecule has 2 aromatic carbocycles. The molecule has 0 unspecified atom stereocenters. The number of benzene rings is 2. The van der Waals surface area contributed by atoms with Gasteiger partial charge < -0.3 is 5.32 Å². The molecule has 8 heteroatoms. The summed E-state index contributed by atoms with van der Waals surface area (Å²) < 4.78 is 1.74. The first kappa shape index (κ1) is 20.2. The van der Waals surface area contributed by atoms with E-state index < -0.39 is 17.5 Å². The van der Waals surface area contributed by atoms with Crippen LogP contribution in [0.2, 0.25) is 0 Å². The maximum atomic E-state index is 13.0. The molecule has 1 N–H and O–H groups in total. The summed E-state index contributed by atoms with van der Waals surface area (Å²) in [6.45, 7) is 2.48. The van der Waals surface area contributed by atoms with Gasteiger partial charge in [-0.25, -0.2) is 9.48 Å². The van der Waals surface area contributed by atoms with E-state index >= 15 is 0 Å². The molecular weight excluding hydrogens is 392 g/mol. The highest BCUT2D eigenvalue weighted by atomic mass is 16.2. The van der Waals surface area contributed by atoms with E-state index in [1.807, 2.05) is 73.8 Å². The smallest absolute Gasteiger partial charge is 0.318 e. The maximum absolute atomic E-state index is 13.0. The highest BCUT2D eigenvalue weighted by Gasteiger charge is 2.51. The van der Waals surface area contributed by atoms with Gasteiger partial charge in [-0.3, -0.25) is 4.79 Å². The molecule has 3 aromatic rings. The van der Waals surface area contributed by atoms with Crippen LogP contribution in [0, 0.1) is 0 Å². The van der Waals surface area contributed by atoms with Crippen molar-refractivity contribution in [3.05, 3.63) is 89.8 Å². The second-order valence-electron chi connectivity index (χ2n) is 7.12. The fourth-order valence-corrected chi connectivity index (χ4v) is 3.51. The van der Waals surface area contributed by atoms with E-state index in [-0.39, 0.29) is 0 Å². The van der Waals surface area contributed by atoms with E-state index in [2.05, 4.69) is 20.7 Å². The highest BCUT2D eigenvalue weighted by molar-refractivity contribution is 6.07. The minimum Gasteiger partial charge on any atom is -0.318 e. The Balaban J connectivity index is 1.43. The lowest BCUT2D eigenvalue weighted by molar-refractivity contribution is -0.131. The molecule has 0 bridgehead atoms. The van der Waals surface area contributed by atoms with E-state index in [1.54, 1.807) is 16.8 Å². The number of imide groups is 1. The van der Waals surface area contributed by atoms with Crippen LogP contribution in [0.25, 0.3) is 6.08 Å². The van der Waals surface area contributed by atoms with Crippen molar-refractivity contribution in [2.75, 3.05) is 0 Å². The van der Waals surface area contributed by atoms with Crippen LogP contribution < -0.4 is 5.32 Å². The van der Waals surface area contributed by atoms with Crippen molar-refractivity contribution >= 4 is 24.2 Å². The average Bonchev–Trinajstić information content (AvgIpc) is 3.35. The number of rotatable bonds is 7. The molecule has 8 nitrogen and oxygen atoms in total. The Morgan fingerprint density at radius 1 is 1.06 bits per heavy atom. The Kier molecular flexibility index (Phi) is 5.70. The van der Waals surface area contributed by atoms with E-state index in [0.29, 0.717) is 18.7 Å². The van der Waals surface area contributed by atoms with Gasteiger partial charge >= 0.3 is 6.03 Å². The van der Waals surface area contributed by atoms with Gasteiger partial charge in [-0.15, -0.1) is 10.1 Å². The molecule has 1 aliphatic rings. The molecular formula is C23H22N6O2. The fourth-order valence-electron chi connectivity index (χ4n) is 3.51. The van der Waals surface area contributed by atoms with Gasteiger partial charge in [0.25, 0.3) is 5.91 Å². The number of carbonyl (C=O) groups excluding carboxylic acids is 2. The number of amides is 3. The van der Waals surface area contributed by atoms with Crippen molar-refractivity contribution in [3.8, 4) is 0 Å². The van der Waals surface area contributed by atoms with Crippen molar-refractivity contribution < 1.29 is 9.59 Å². The number of aromatic nitrogens is 3. The number of nitrogens with one attached hydrogen (secondary N) is 1. The minimum absolute atomic E-state index is 0.398. The monoisotopic (exact) mass is 414 g/mol. The quantitative estimate of drug-likeness (QED) is 0.475. The summed E-state index contributed by atoms with van der Waals surface area (Å²) in [6, 6.07) is 18.6. The lowest BCUT2D eigenvalue weighted by Crippen LogP contribution is -2.43. The van der Waals surface area contributed by atoms with Crippen LogP contribution in [0.5, 0.6) is 0 Å². The Morgan fingerprint density at radius 3 is 2.48 bits per heavy atom. The summed E-state index contributed by atoms with van der Waals surface area (Å²) in [5.74, 6) is -0.398. The summed E-state index contributed by atoms with van der Waals surface area (Å²) in [7, 11) is 0. The maximum Gasteiger partial charge on any atom is 0.346 e. The summed E-state index contributed by atoms with van der Waals surface area (Å²) in [6.07, 6.45) is 6.95. The lowest BCUT2D eigenvalue weighted by atomic mass is 9.87. The zero-order valence-corrected chi connectivity index (χ0v) is 17.0. The van der Waals surface area contributed by atoms with Crippen molar-refractivity contribution in [1.29, 1.82) is 0 Å². The molecule has 4 rings (SSSR count). The van der Waals surface area contributed by atoms with Gasteiger partial charge in [-0.05, 0) is 29.7 Å². The van der Waals surface area contributed by atoms with E-state index in [4.69, 9.17) is 0 Å². The van der Waals surface area contributed by atoms with Gasteiger partial charge in [-0.1, -0.05) is 72.8 Å². The number of hydrogen-bond donors (Lipinski definition) is 1. The van der Waals surface area contributed by atoms with Crippen LogP contribution in [-0.2, 0) is 16.9 Å². The van der Waals surface area contributed by atoms with Gasteiger partial charge in [0.2, 0.25) is 0 Å². The van der Waals surface area contributed by atoms with E-state index in [9.17, 15) is 9.59 Å². The molecule has 1 aromatic heterocycles. The zero-order valence-electron chi connectivity index (χ0n) is 17.0. The third-order valence-corrected chi connectivity index (χ3v) is 5.15. The summed E-state index contributed by atoms with van der Waals surface area (Å²) in [5.41, 5.74) is 1.41. The topological polar surface area (TPSA) is 92.5 Å². The van der Waals surface area contributed by atoms with Crippen LogP contribution in [0.4, 0.5) is 4.79 Å². The molecule has 31 heavy (non-hydrogen) atoms. The number of hydrogen-bond acceptors (Lipinski definition) is 5. The standard InChI is InChI=1S/C23H22N6O2/c1-2-23(19-12-7-4-8-13-19)21(30)29(22(31)25-23)24-15-9-14-20-17-28(27-26-20)16-18-10-5-3-6-11-18/h3-15,17H,2,16H2,1H3,(H,25,31)/b14-9+,24-15-/t23-/m1/s1. The first-order valence-corrected chi connectivity index (χ1v) is 9.99. The predicted molar refractivity (Wildman–Crippen MR) is 117 cm³/mol. The number of hydrazone groups is 1. The Morgan fingerprint density at radius 2 is 1.77 bits per heavy atom. The summed E-state index contributed by atoms with van der Waals surface area (Å²) in [5, 5.41) is 15.9. The van der Waals surface area contributed by atoms with E-state index in [1.165, 1.54) is 6.21 Å². The summed E-state index contributed by atoms with van der Waals surface area (Å²) >= 11 is 0. The van der Waals surface area contributed by atoms with Gasteiger partial charge in [0.15, 0.2) is 0 Å². The lowest BCUT2D eigenvalue weighted by Gasteiger charge is -2.24. The molecule has 0 saturated carbocycles. The molecule has 0 spiro atoms. The summed E-state index contributed by atoms with van der Waals surface area (Å²) in [4.78, 5) is 25.4. The average molecular weight is 414 g/mol. The molecule has 0 radical (unpaired) electrons. The predicted octanol–water partition coefficient (Wildman–Crippen LogP) is 3.18. The molecule has 0 aliphatic carbocycles. The highest BCUT2D eigenvalue weighted by Crippen LogP contribution is 2.32. The third-order valence-electron chi connectivity index (χ3n) is 5.15. The van der Waals surface area contributed by atoms with Crippen molar-refractivity contribution in [2.24, 2.45) is 5.10 Å². The molecule has 1 saturated heterocycles. The Bertz CT molecular complexity index is 1120. The second-order valence-corrected chi connectivity index (χ2v) is 7.12. The van der Waals surface area contributed by atoms with Crippen LogP contribution in [-0.4, -0.2) is 38.2 Å². The normalized spacial score (nSPS) is 18.9. The molecule has 1 atom stereocenters. The molecule has 1 fully saturated rings. The van der Waals surface area contributed by atoms with Gasteiger partial charge in [-0.2, -0.15) is 5.10 Å². The Labute approximate surface area is 179 Å². The third kappa shape index (κ3) is 4.13. The SMILES string of the molecule is CC[C@]1(c2ccccc2)NC(=O)N(/N=C\C=C\c2cn(Cc3ccccc3)nn2)C1=O. The second kappa shape index (κ2) is 8.74. The van der Waals surface area contributed by atoms with Crippen LogP contribution in [0.15, 0.2) is 78.0 Å². The molecule has 2 heterocycles. The number of allylic oxidation sites excluding steroid dienone is 1. The molecule has 156 valence electrons. The van der Waals surface area contributed by atoms with Crippen molar-refractivity contribution in [1.82, 2.24) is 25.3 Å².